The molecule has 1 unspecified atom stereocenters. The fourth-order valence-corrected chi connectivity index (χ4v) is 4.72. The van der Waals surface area contributed by atoms with Gasteiger partial charge in [-0.3, -0.25) is 14.3 Å². The summed E-state index contributed by atoms with van der Waals surface area (Å²) in [5.74, 6) is 0. The number of hydrogen-bond acceptors (Lipinski definition) is 6. The van der Waals surface area contributed by atoms with Gasteiger partial charge >= 0.3 is 5.69 Å². The molecule has 0 saturated carbocycles. The molecule has 1 fully saturated rings. The molecule has 3 heterocycles. The summed E-state index contributed by atoms with van der Waals surface area (Å²) in [5, 5.41) is 3.07. The van der Waals surface area contributed by atoms with Crippen LogP contribution in [0.5, 0.6) is 0 Å². The topological polar surface area (TPSA) is 117 Å². The van der Waals surface area contributed by atoms with Crippen LogP contribution in [0.15, 0.2) is 26.7 Å². The van der Waals surface area contributed by atoms with Gasteiger partial charge in [0.2, 0.25) is 10.0 Å². The van der Waals surface area contributed by atoms with E-state index in [1.165, 1.54) is 28.2 Å². The van der Waals surface area contributed by atoms with Crippen molar-refractivity contribution in [2.24, 2.45) is 7.05 Å². The molecule has 2 aromatic rings. The van der Waals surface area contributed by atoms with Crippen molar-refractivity contribution in [1.29, 1.82) is 0 Å². The SMILES string of the molecule is CNCC1CCCN1S(=O)(=O)c1cnc2c(c1)c(=O)[nH]c(=O)n2C. The molecule has 130 valence electrons. The van der Waals surface area contributed by atoms with Crippen LogP contribution in [0.1, 0.15) is 12.8 Å². The number of nitrogens with zero attached hydrogens (tertiary/aromatic N) is 3. The number of H-pyrrole nitrogens is 1. The molecule has 0 spiro atoms. The first kappa shape index (κ1) is 16.8. The Labute approximate surface area is 138 Å². The molecule has 0 bridgehead atoms. The Hall–Kier alpha value is -2.04. The van der Waals surface area contributed by atoms with Crippen molar-refractivity contribution in [2.75, 3.05) is 20.1 Å². The maximum Gasteiger partial charge on any atom is 0.329 e. The lowest BCUT2D eigenvalue weighted by molar-refractivity contribution is 0.379. The third kappa shape index (κ3) is 2.66. The van der Waals surface area contributed by atoms with Crippen molar-refractivity contribution in [3.63, 3.8) is 0 Å². The number of aromatic amines is 1. The number of sulfonamides is 1. The van der Waals surface area contributed by atoms with Gasteiger partial charge < -0.3 is 5.32 Å². The molecule has 1 aliphatic heterocycles. The van der Waals surface area contributed by atoms with Crippen LogP contribution in [0, 0.1) is 0 Å². The summed E-state index contributed by atoms with van der Waals surface area (Å²) in [5.41, 5.74) is -1.09. The van der Waals surface area contributed by atoms with Gasteiger partial charge in [0.05, 0.1) is 5.39 Å². The highest BCUT2D eigenvalue weighted by Gasteiger charge is 2.35. The zero-order chi connectivity index (χ0) is 17.5. The van der Waals surface area contributed by atoms with E-state index in [0.29, 0.717) is 13.1 Å². The van der Waals surface area contributed by atoms with Crippen molar-refractivity contribution in [3.8, 4) is 0 Å². The van der Waals surface area contributed by atoms with Crippen LogP contribution in [0.25, 0.3) is 11.0 Å². The molecule has 24 heavy (non-hydrogen) atoms. The third-order valence-electron chi connectivity index (χ3n) is 4.30. The number of fused-ring (bicyclic) bond motifs is 1. The first-order valence-corrected chi connectivity index (χ1v) is 9.06. The predicted molar refractivity (Wildman–Crippen MR) is 88.4 cm³/mol. The van der Waals surface area contributed by atoms with E-state index in [4.69, 9.17) is 0 Å². The normalized spacial score (nSPS) is 19.2. The van der Waals surface area contributed by atoms with E-state index >= 15 is 0 Å². The molecule has 1 aliphatic rings. The minimum atomic E-state index is -3.75. The Morgan fingerprint density at radius 3 is 2.88 bits per heavy atom. The predicted octanol–water partition coefficient (Wildman–Crippen LogP) is -1.01. The summed E-state index contributed by atoms with van der Waals surface area (Å²) in [6, 6.07) is 1.17. The highest BCUT2D eigenvalue weighted by atomic mass is 32.2. The second kappa shape index (κ2) is 6.11. The number of rotatable bonds is 4. The fraction of sp³-hybridized carbons (Fsp3) is 0.500. The third-order valence-corrected chi connectivity index (χ3v) is 6.22. The maximum atomic E-state index is 12.9. The van der Waals surface area contributed by atoms with E-state index in [2.05, 4.69) is 15.3 Å². The summed E-state index contributed by atoms with van der Waals surface area (Å²) < 4.78 is 28.4. The van der Waals surface area contributed by atoms with Crippen LogP contribution in [0.4, 0.5) is 0 Å². The zero-order valence-corrected chi connectivity index (χ0v) is 14.3. The number of hydrogen-bond donors (Lipinski definition) is 2. The molecular formula is C14H19N5O4S. The van der Waals surface area contributed by atoms with Crippen molar-refractivity contribution < 1.29 is 8.42 Å². The smallest absolute Gasteiger partial charge is 0.318 e. The standard InChI is InChI=1S/C14H19N5O4S/c1-15-7-9-4-3-5-19(9)24(22,23)10-6-11-12(16-8-10)18(2)14(21)17-13(11)20/h6,8-9,15H,3-5,7H2,1-2H3,(H,17,20,21). The molecule has 0 aliphatic carbocycles. The van der Waals surface area contributed by atoms with E-state index in [9.17, 15) is 18.0 Å². The van der Waals surface area contributed by atoms with Crippen LogP contribution in [-0.4, -0.2) is 53.4 Å². The highest BCUT2D eigenvalue weighted by molar-refractivity contribution is 7.89. The van der Waals surface area contributed by atoms with Crippen LogP contribution in [-0.2, 0) is 17.1 Å². The summed E-state index contributed by atoms with van der Waals surface area (Å²) in [6.07, 6.45) is 2.78. The van der Waals surface area contributed by atoms with E-state index in [-0.39, 0.29) is 22.0 Å². The second-order valence-electron chi connectivity index (χ2n) is 5.83. The quantitative estimate of drug-likeness (QED) is 0.728. The lowest BCUT2D eigenvalue weighted by Crippen LogP contribution is -2.40. The van der Waals surface area contributed by atoms with E-state index < -0.39 is 21.3 Å². The molecule has 2 aromatic heterocycles. The molecule has 1 saturated heterocycles. The lowest BCUT2D eigenvalue weighted by Gasteiger charge is -2.23. The van der Waals surface area contributed by atoms with E-state index in [1.807, 2.05) is 0 Å². The van der Waals surface area contributed by atoms with Gasteiger partial charge in [0, 0.05) is 32.4 Å². The Morgan fingerprint density at radius 1 is 1.42 bits per heavy atom. The van der Waals surface area contributed by atoms with Crippen molar-refractivity contribution in [1.82, 2.24) is 24.2 Å². The van der Waals surface area contributed by atoms with Crippen LogP contribution < -0.4 is 16.6 Å². The molecule has 0 radical (unpaired) electrons. The van der Waals surface area contributed by atoms with Gasteiger partial charge in [-0.25, -0.2) is 18.2 Å². The van der Waals surface area contributed by atoms with E-state index in [1.54, 1.807) is 7.05 Å². The van der Waals surface area contributed by atoms with Crippen LogP contribution in [0.3, 0.4) is 0 Å². The monoisotopic (exact) mass is 353 g/mol. The average Bonchev–Trinajstić information content (AvgIpc) is 3.02. The van der Waals surface area contributed by atoms with Crippen LogP contribution >= 0.6 is 0 Å². The molecule has 3 rings (SSSR count). The largest absolute Gasteiger partial charge is 0.329 e. The number of likely N-dealkylation sites (N-methyl/N-ethyl adjacent to an activating group) is 1. The fourth-order valence-electron chi connectivity index (χ4n) is 3.06. The van der Waals surface area contributed by atoms with Gasteiger partial charge in [-0.05, 0) is 26.0 Å². The van der Waals surface area contributed by atoms with Gasteiger partial charge in [-0.1, -0.05) is 0 Å². The Kier molecular flexibility index (Phi) is 4.28. The van der Waals surface area contributed by atoms with Crippen molar-refractivity contribution in [3.05, 3.63) is 33.1 Å². The molecule has 2 N–H and O–H groups in total. The molecule has 9 nitrogen and oxygen atoms in total. The van der Waals surface area contributed by atoms with Crippen LogP contribution in [0.2, 0.25) is 0 Å². The minimum Gasteiger partial charge on any atom is -0.318 e. The number of aryl methyl sites for hydroxylation is 1. The summed E-state index contributed by atoms with van der Waals surface area (Å²) >= 11 is 0. The molecular weight excluding hydrogens is 334 g/mol. The molecule has 1 atom stereocenters. The number of pyridine rings is 1. The first-order valence-electron chi connectivity index (χ1n) is 7.62. The lowest BCUT2D eigenvalue weighted by atomic mass is 10.2. The van der Waals surface area contributed by atoms with Crippen molar-refractivity contribution >= 4 is 21.1 Å². The molecule has 0 amide bonds. The van der Waals surface area contributed by atoms with Gasteiger partial charge in [-0.2, -0.15) is 4.31 Å². The maximum absolute atomic E-state index is 12.9. The number of nitrogens with one attached hydrogen (secondary N) is 2. The van der Waals surface area contributed by atoms with Gasteiger partial charge in [0.15, 0.2) is 0 Å². The first-order chi connectivity index (χ1) is 11.4. The second-order valence-corrected chi connectivity index (χ2v) is 7.72. The molecule has 0 aromatic carbocycles. The summed E-state index contributed by atoms with van der Waals surface area (Å²) in [4.78, 5) is 29.7. The minimum absolute atomic E-state index is 0.0397. The Balaban J connectivity index is 2.12. The van der Waals surface area contributed by atoms with Gasteiger partial charge in [0.25, 0.3) is 5.56 Å². The van der Waals surface area contributed by atoms with Gasteiger partial charge in [-0.15, -0.1) is 0 Å². The molecule has 10 heteroatoms. The average molecular weight is 353 g/mol. The zero-order valence-electron chi connectivity index (χ0n) is 13.4. The highest BCUT2D eigenvalue weighted by Crippen LogP contribution is 2.26. The van der Waals surface area contributed by atoms with Crippen molar-refractivity contribution in [2.45, 2.75) is 23.8 Å². The summed E-state index contributed by atoms with van der Waals surface area (Å²) in [7, 11) is -0.509. The van der Waals surface area contributed by atoms with E-state index in [0.717, 1.165) is 12.8 Å². The Morgan fingerprint density at radius 2 is 2.17 bits per heavy atom. The Bertz CT molecular complexity index is 994. The summed E-state index contributed by atoms with van der Waals surface area (Å²) in [6.45, 7) is 1.01. The van der Waals surface area contributed by atoms with Gasteiger partial charge in [0.1, 0.15) is 10.5 Å². The number of aromatic nitrogens is 3.